The number of methoxy groups -OCH3 is 1. The van der Waals surface area contributed by atoms with Crippen molar-refractivity contribution >= 4 is 5.91 Å². The molecule has 4 N–H and O–H groups in total. The first-order valence-electron chi connectivity index (χ1n) is 6.19. The predicted molar refractivity (Wildman–Crippen MR) is 72.2 cm³/mol. The van der Waals surface area contributed by atoms with E-state index in [0.29, 0.717) is 18.4 Å². The Morgan fingerprint density at radius 3 is 2.60 bits per heavy atom. The molecule has 0 saturated carbocycles. The molecule has 1 aromatic rings. The number of aliphatic hydroxyl groups excluding tert-OH is 1. The number of aromatic hydroxyl groups is 1. The Balaban J connectivity index is 2.55. The fourth-order valence-corrected chi connectivity index (χ4v) is 1.78. The summed E-state index contributed by atoms with van der Waals surface area (Å²) in [7, 11) is 1.50. The molecule has 0 saturated heterocycles. The molecule has 0 spiro atoms. The number of carbonyl (C=O) groups is 1. The zero-order valence-electron chi connectivity index (χ0n) is 11.2. The van der Waals surface area contributed by atoms with Gasteiger partial charge in [0, 0.05) is 13.2 Å². The van der Waals surface area contributed by atoms with Crippen LogP contribution in [-0.4, -0.2) is 34.5 Å². The van der Waals surface area contributed by atoms with Crippen molar-refractivity contribution in [1.82, 2.24) is 5.48 Å². The molecular weight excluding hydrogens is 262 g/mol. The molecule has 20 heavy (non-hydrogen) atoms. The van der Waals surface area contributed by atoms with Crippen molar-refractivity contribution in [2.45, 2.75) is 25.0 Å². The highest BCUT2D eigenvalue weighted by Gasteiger charge is 2.19. The zero-order chi connectivity index (χ0) is 15.0. The Kier molecular flexibility index (Phi) is 6.72. The highest BCUT2D eigenvalue weighted by atomic mass is 16.5. The maximum absolute atomic E-state index is 10.8. The third-order valence-electron chi connectivity index (χ3n) is 2.89. The monoisotopic (exact) mass is 281 g/mol. The summed E-state index contributed by atoms with van der Waals surface area (Å²) >= 11 is 0. The van der Waals surface area contributed by atoms with E-state index in [0.717, 1.165) is 0 Å². The van der Waals surface area contributed by atoms with Crippen LogP contribution in [-0.2, 0) is 9.53 Å². The van der Waals surface area contributed by atoms with Crippen LogP contribution >= 0.6 is 0 Å². The van der Waals surface area contributed by atoms with Crippen LogP contribution in [0.4, 0.5) is 0 Å². The smallest absolute Gasteiger partial charge is 0.267 e. The Morgan fingerprint density at radius 1 is 1.40 bits per heavy atom. The Hall–Kier alpha value is -1.89. The second-order valence-corrected chi connectivity index (χ2v) is 4.27. The number of ether oxygens (including phenoxy) is 1. The molecule has 6 nitrogen and oxygen atoms in total. The number of phenols is 1. The van der Waals surface area contributed by atoms with Gasteiger partial charge in [-0.25, -0.2) is 5.48 Å². The number of hydroxylamine groups is 1. The normalized spacial score (nSPS) is 14.2. The van der Waals surface area contributed by atoms with E-state index in [2.05, 4.69) is 0 Å². The van der Waals surface area contributed by atoms with E-state index >= 15 is 0 Å². The van der Waals surface area contributed by atoms with Gasteiger partial charge in [-0.15, -0.1) is 0 Å². The van der Waals surface area contributed by atoms with Gasteiger partial charge >= 0.3 is 0 Å². The van der Waals surface area contributed by atoms with Crippen LogP contribution in [0.25, 0.3) is 0 Å². The number of hydrogen-bond donors (Lipinski definition) is 4. The molecule has 0 aliphatic heterocycles. The summed E-state index contributed by atoms with van der Waals surface area (Å²) in [6.45, 7) is 0. The fraction of sp³-hybridized carbons (Fsp3) is 0.357. The topological polar surface area (TPSA) is 99.0 Å². The average Bonchev–Trinajstić information content (AvgIpc) is 2.47. The number of hydrogen-bond acceptors (Lipinski definition) is 5. The molecule has 0 unspecified atom stereocenters. The molecule has 1 aromatic carbocycles. The molecule has 110 valence electrons. The molecular formula is C14H19NO5. The average molecular weight is 281 g/mol. The lowest BCUT2D eigenvalue weighted by Gasteiger charge is -2.21. The molecule has 0 heterocycles. The summed E-state index contributed by atoms with van der Waals surface area (Å²) in [4.78, 5) is 10.8. The number of amides is 1. The van der Waals surface area contributed by atoms with E-state index in [1.54, 1.807) is 18.2 Å². The molecule has 2 atom stereocenters. The van der Waals surface area contributed by atoms with Crippen LogP contribution in [0.2, 0.25) is 0 Å². The van der Waals surface area contributed by atoms with E-state index in [4.69, 9.17) is 9.94 Å². The van der Waals surface area contributed by atoms with Crippen LogP contribution in [0.1, 0.15) is 24.5 Å². The van der Waals surface area contributed by atoms with E-state index in [1.807, 2.05) is 0 Å². The number of rotatable bonds is 7. The number of nitrogens with one attached hydrogen (secondary N) is 1. The van der Waals surface area contributed by atoms with Crippen molar-refractivity contribution in [2.24, 2.45) is 0 Å². The van der Waals surface area contributed by atoms with Crippen molar-refractivity contribution < 1.29 is 25.0 Å². The van der Waals surface area contributed by atoms with Crippen LogP contribution in [0.5, 0.6) is 5.75 Å². The molecule has 0 bridgehead atoms. The number of allylic oxidation sites excluding steroid dienone is 1. The summed E-state index contributed by atoms with van der Waals surface area (Å²) in [5.41, 5.74) is 2.14. The second-order valence-electron chi connectivity index (χ2n) is 4.27. The fourth-order valence-electron chi connectivity index (χ4n) is 1.78. The predicted octanol–water partition coefficient (Wildman–Crippen LogP) is 1.28. The van der Waals surface area contributed by atoms with Gasteiger partial charge in [-0.05, 0) is 30.5 Å². The van der Waals surface area contributed by atoms with Crippen molar-refractivity contribution in [3.05, 3.63) is 42.0 Å². The first-order chi connectivity index (χ1) is 9.58. The number of benzene rings is 1. The molecule has 0 aliphatic rings. The summed E-state index contributed by atoms with van der Waals surface area (Å²) < 4.78 is 5.23. The van der Waals surface area contributed by atoms with Crippen LogP contribution in [0.15, 0.2) is 36.4 Å². The third-order valence-corrected chi connectivity index (χ3v) is 2.89. The minimum absolute atomic E-state index is 0.132. The largest absolute Gasteiger partial charge is 0.508 e. The van der Waals surface area contributed by atoms with E-state index in [9.17, 15) is 15.0 Å². The minimum atomic E-state index is -0.819. The second kappa shape index (κ2) is 8.31. The maximum Gasteiger partial charge on any atom is 0.267 e. The minimum Gasteiger partial charge on any atom is -0.508 e. The first-order valence-corrected chi connectivity index (χ1v) is 6.19. The Labute approximate surface area is 117 Å². The Bertz CT molecular complexity index is 443. The lowest BCUT2D eigenvalue weighted by atomic mass is 10.0. The SMILES string of the molecule is CO[C@H](CC/C=C/C(=O)NO)[C@H](O)c1ccc(O)cc1. The molecule has 0 aliphatic carbocycles. The van der Waals surface area contributed by atoms with E-state index in [-0.39, 0.29) is 5.75 Å². The van der Waals surface area contributed by atoms with Gasteiger partial charge in [0.2, 0.25) is 0 Å². The van der Waals surface area contributed by atoms with Crippen LogP contribution < -0.4 is 5.48 Å². The molecule has 0 aromatic heterocycles. The number of aliphatic hydroxyl groups is 1. The first kappa shape index (κ1) is 16.2. The number of phenolic OH excluding ortho intramolecular Hbond substituents is 1. The molecule has 0 radical (unpaired) electrons. The van der Waals surface area contributed by atoms with Gasteiger partial charge in [0.05, 0.1) is 6.10 Å². The lowest BCUT2D eigenvalue weighted by Crippen LogP contribution is -2.20. The third kappa shape index (κ3) is 5.00. The van der Waals surface area contributed by atoms with Gasteiger partial charge in [-0.3, -0.25) is 10.0 Å². The zero-order valence-corrected chi connectivity index (χ0v) is 11.2. The lowest BCUT2D eigenvalue weighted by molar-refractivity contribution is -0.124. The van der Waals surface area contributed by atoms with Gasteiger partial charge in [-0.2, -0.15) is 0 Å². The van der Waals surface area contributed by atoms with Crippen LogP contribution in [0, 0.1) is 0 Å². The van der Waals surface area contributed by atoms with Crippen molar-refractivity contribution in [1.29, 1.82) is 0 Å². The molecule has 1 rings (SSSR count). The summed E-state index contributed by atoms with van der Waals surface area (Å²) in [6, 6.07) is 6.25. The summed E-state index contributed by atoms with van der Waals surface area (Å²) in [5.74, 6) is -0.467. The van der Waals surface area contributed by atoms with Crippen molar-refractivity contribution in [2.75, 3.05) is 7.11 Å². The number of carbonyl (C=O) groups excluding carboxylic acids is 1. The van der Waals surface area contributed by atoms with E-state index < -0.39 is 18.1 Å². The maximum atomic E-state index is 10.8. The van der Waals surface area contributed by atoms with Gasteiger partial charge in [0.15, 0.2) is 0 Å². The van der Waals surface area contributed by atoms with Gasteiger partial charge in [0.1, 0.15) is 11.9 Å². The summed E-state index contributed by atoms with van der Waals surface area (Å²) in [5, 5.41) is 27.7. The standard InChI is InChI=1S/C14H19NO5/c1-20-12(4-2-3-5-13(17)15-19)14(18)10-6-8-11(16)9-7-10/h3,5-9,12,14,16,18-19H,2,4H2,1H3,(H,15,17)/b5-3+/t12-,14-/m1/s1. The van der Waals surface area contributed by atoms with Gasteiger partial charge in [-0.1, -0.05) is 18.2 Å². The highest BCUT2D eigenvalue weighted by molar-refractivity contribution is 5.86. The highest BCUT2D eigenvalue weighted by Crippen LogP contribution is 2.23. The Morgan fingerprint density at radius 2 is 2.05 bits per heavy atom. The molecule has 6 heteroatoms. The van der Waals surface area contributed by atoms with E-state index in [1.165, 1.54) is 30.8 Å². The quantitative estimate of drug-likeness (QED) is 0.343. The van der Waals surface area contributed by atoms with Crippen molar-refractivity contribution in [3.8, 4) is 5.75 Å². The van der Waals surface area contributed by atoms with Gasteiger partial charge in [0.25, 0.3) is 5.91 Å². The van der Waals surface area contributed by atoms with Crippen molar-refractivity contribution in [3.63, 3.8) is 0 Å². The summed E-state index contributed by atoms with van der Waals surface area (Å²) in [6.07, 6.45) is 2.57. The molecule has 1 amide bonds. The van der Waals surface area contributed by atoms with Crippen LogP contribution in [0.3, 0.4) is 0 Å². The molecule has 0 fully saturated rings. The van der Waals surface area contributed by atoms with Gasteiger partial charge < -0.3 is 14.9 Å².